The molecule has 0 aliphatic heterocycles. The molecule has 0 fully saturated rings. The molecule has 0 N–H and O–H groups in total. The Bertz CT molecular complexity index is 402. The normalized spacial score (nSPS) is 11.5. The molecular formula is C11H18ClN3O3. The van der Waals surface area contributed by atoms with Crippen molar-refractivity contribution in [2.24, 2.45) is 0 Å². The highest BCUT2D eigenvalue weighted by molar-refractivity contribution is 6.33. The van der Waals surface area contributed by atoms with Gasteiger partial charge in [0.05, 0.1) is 17.8 Å². The predicted octanol–water partition coefficient (Wildman–Crippen LogP) is 0.900. The Balaban J connectivity index is 2.92. The van der Waals surface area contributed by atoms with Crippen molar-refractivity contribution in [1.82, 2.24) is 14.7 Å². The van der Waals surface area contributed by atoms with Crippen LogP contribution in [0.1, 0.15) is 10.5 Å². The highest BCUT2D eigenvalue weighted by Crippen LogP contribution is 2.18. The summed E-state index contributed by atoms with van der Waals surface area (Å²) in [6, 6.07) is 0. The van der Waals surface area contributed by atoms with Gasteiger partial charge in [0, 0.05) is 20.8 Å². The van der Waals surface area contributed by atoms with Gasteiger partial charge in [-0.05, 0) is 14.1 Å². The molecule has 0 aliphatic rings. The van der Waals surface area contributed by atoms with Crippen LogP contribution in [-0.2, 0) is 16.0 Å². The van der Waals surface area contributed by atoms with Gasteiger partial charge in [0.2, 0.25) is 12.1 Å². The van der Waals surface area contributed by atoms with E-state index in [0.29, 0.717) is 17.3 Å². The molecule has 102 valence electrons. The summed E-state index contributed by atoms with van der Waals surface area (Å²) in [5, 5.41) is 4.39. The van der Waals surface area contributed by atoms with Crippen LogP contribution in [0.15, 0.2) is 6.20 Å². The summed E-state index contributed by atoms with van der Waals surface area (Å²) in [4.78, 5) is 14.1. The minimum absolute atomic E-state index is 0.304. The molecule has 6 nitrogen and oxygen atoms in total. The van der Waals surface area contributed by atoms with E-state index in [0.717, 1.165) is 6.54 Å². The number of nitrogens with zero attached hydrogens (tertiary/aromatic N) is 3. The van der Waals surface area contributed by atoms with Gasteiger partial charge in [-0.25, -0.2) is 0 Å². The second-order valence-corrected chi connectivity index (χ2v) is 4.44. The number of aromatic nitrogens is 2. The van der Waals surface area contributed by atoms with Gasteiger partial charge in [0.15, 0.2) is 0 Å². The number of rotatable bonds is 7. The number of carbonyl (C=O) groups is 1. The van der Waals surface area contributed by atoms with Crippen molar-refractivity contribution in [2.45, 2.75) is 12.8 Å². The third kappa shape index (κ3) is 3.52. The average molecular weight is 276 g/mol. The van der Waals surface area contributed by atoms with E-state index in [-0.39, 0.29) is 5.78 Å². The zero-order valence-corrected chi connectivity index (χ0v) is 11.8. The number of hydrogen-bond acceptors (Lipinski definition) is 5. The van der Waals surface area contributed by atoms with E-state index in [9.17, 15) is 4.79 Å². The monoisotopic (exact) mass is 275 g/mol. The number of ether oxygens (including phenoxy) is 2. The third-order valence-electron chi connectivity index (χ3n) is 2.43. The Hall–Kier alpha value is -0.950. The maximum Gasteiger partial charge on any atom is 0.238 e. The lowest BCUT2D eigenvalue weighted by molar-refractivity contribution is -0.0746. The first kappa shape index (κ1) is 15.1. The molecule has 1 aromatic rings. The number of likely N-dealkylation sites (N-methyl/N-ethyl adjacent to an activating group) is 1. The zero-order chi connectivity index (χ0) is 13.7. The van der Waals surface area contributed by atoms with E-state index in [1.54, 1.807) is 4.68 Å². The Morgan fingerprint density at radius 2 is 2.11 bits per heavy atom. The number of methoxy groups -OCH3 is 2. The molecule has 0 atom stereocenters. The summed E-state index contributed by atoms with van der Waals surface area (Å²) in [6.07, 6.45) is 0.490. The molecule has 0 aromatic carbocycles. The number of ketones is 1. The third-order valence-corrected chi connectivity index (χ3v) is 2.71. The number of carbonyl (C=O) groups excluding carboxylic acids is 1. The molecular weight excluding hydrogens is 258 g/mol. The van der Waals surface area contributed by atoms with E-state index < -0.39 is 6.29 Å². The first-order valence-corrected chi connectivity index (χ1v) is 5.85. The highest BCUT2D eigenvalue weighted by atomic mass is 35.5. The summed E-state index contributed by atoms with van der Waals surface area (Å²) < 4.78 is 11.4. The minimum atomic E-state index is -0.961. The van der Waals surface area contributed by atoms with Crippen molar-refractivity contribution < 1.29 is 14.3 Å². The molecule has 0 unspecified atom stereocenters. The quantitative estimate of drug-likeness (QED) is 0.547. The Labute approximate surface area is 111 Å². The molecule has 1 aromatic heterocycles. The van der Waals surface area contributed by atoms with E-state index >= 15 is 0 Å². The Kier molecular flexibility index (Phi) is 5.74. The fourth-order valence-corrected chi connectivity index (χ4v) is 1.73. The smallest absolute Gasteiger partial charge is 0.238 e. The van der Waals surface area contributed by atoms with Gasteiger partial charge >= 0.3 is 0 Å². The summed E-state index contributed by atoms with van der Waals surface area (Å²) in [7, 11) is 6.69. The van der Waals surface area contributed by atoms with E-state index in [4.69, 9.17) is 21.1 Å². The van der Waals surface area contributed by atoms with Crippen LogP contribution in [-0.4, -0.2) is 61.6 Å². The SMILES string of the molecule is COC(OC)C(=O)c1c(Cl)cnn1CCN(C)C. The van der Waals surface area contributed by atoms with Crippen LogP contribution in [0.5, 0.6) is 0 Å². The molecule has 0 amide bonds. The standard InChI is InChI=1S/C11H18ClN3O3/c1-14(2)5-6-15-9(8(12)7-13-15)10(16)11(17-3)18-4/h7,11H,5-6H2,1-4H3. The van der Waals surface area contributed by atoms with E-state index in [1.807, 2.05) is 19.0 Å². The molecule has 0 radical (unpaired) electrons. The van der Waals surface area contributed by atoms with Crippen LogP contribution in [0, 0.1) is 0 Å². The molecule has 1 heterocycles. The molecule has 0 saturated carbocycles. The van der Waals surface area contributed by atoms with Crippen LogP contribution in [0.3, 0.4) is 0 Å². The molecule has 0 spiro atoms. The summed E-state index contributed by atoms with van der Waals surface area (Å²) in [5.41, 5.74) is 0.312. The largest absolute Gasteiger partial charge is 0.349 e. The van der Waals surface area contributed by atoms with Gasteiger partial charge in [-0.2, -0.15) is 5.10 Å². The molecule has 1 rings (SSSR count). The van der Waals surface area contributed by atoms with Crippen molar-refractivity contribution in [3.05, 3.63) is 16.9 Å². The van der Waals surface area contributed by atoms with Gasteiger partial charge < -0.3 is 14.4 Å². The van der Waals surface area contributed by atoms with Crippen LogP contribution in [0.25, 0.3) is 0 Å². The Morgan fingerprint density at radius 3 is 2.61 bits per heavy atom. The molecule has 0 aliphatic carbocycles. The zero-order valence-electron chi connectivity index (χ0n) is 11.0. The van der Waals surface area contributed by atoms with Crippen LogP contribution >= 0.6 is 11.6 Å². The van der Waals surface area contributed by atoms with E-state index in [1.165, 1.54) is 20.4 Å². The van der Waals surface area contributed by atoms with Crippen LogP contribution in [0.4, 0.5) is 0 Å². The second kappa shape index (κ2) is 6.84. The maximum atomic E-state index is 12.1. The predicted molar refractivity (Wildman–Crippen MR) is 67.9 cm³/mol. The molecule has 0 saturated heterocycles. The second-order valence-electron chi connectivity index (χ2n) is 4.04. The Morgan fingerprint density at radius 1 is 1.50 bits per heavy atom. The first-order valence-electron chi connectivity index (χ1n) is 5.47. The summed E-state index contributed by atoms with van der Waals surface area (Å²) in [6.45, 7) is 1.32. The lowest BCUT2D eigenvalue weighted by Gasteiger charge is -2.15. The van der Waals surface area contributed by atoms with Crippen molar-refractivity contribution in [1.29, 1.82) is 0 Å². The van der Waals surface area contributed by atoms with Gasteiger partial charge in [0.1, 0.15) is 5.69 Å². The average Bonchev–Trinajstić information content (AvgIpc) is 2.69. The van der Waals surface area contributed by atoms with Crippen LogP contribution < -0.4 is 0 Å². The lowest BCUT2D eigenvalue weighted by atomic mass is 10.2. The fourth-order valence-electron chi connectivity index (χ4n) is 1.49. The van der Waals surface area contributed by atoms with E-state index in [2.05, 4.69) is 5.10 Å². The molecule has 18 heavy (non-hydrogen) atoms. The van der Waals surface area contributed by atoms with Crippen molar-refractivity contribution in [2.75, 3.05) is 34.9 Å². The number of hydrogen-bond donors (Lipinski definition) is 0. The van der Waals surface area contributed by atoms with Crippen LogP contribution in [0.2, 0.25) is 5.02 Å². The summed E-state index contributed by atoms with van der Waals surface area (Å²) >= 11 is 5.98. The topological polar surface area (TPSA) is 56.6 Å². The highest BCUT2D eigenvalue weighted by Gasteiger charge is 2.25. The van der Waals surface area contributed by atoms with Gasteiger partial charge in [0.25, 0.3) is 0 Å². The fraction of sp³-hybridized carbons (Fsp3) is 0.636. The van der Waals surface area contributed by atoms with Gasteiger partial charge in [-0.15, -0.1) is 0 Å². The summed E-state index contributed by atoms with van der Waals surface area (Å²) in [5.74, 6) is -0.332. The van der Waals surface area contributed by atoms with Gasteiger partial charge in [-0.1, -0.05) is 11.6 Å². The minimum Gasteiger partial charge on any atom is -0.349 e. The lowest BCUT2D eigenvalue weighted by Crippen LogP contribution is -2.29. The number of Topliss-reactive ketones (excluding diaryl/α,β-unsaturated/α-hetero) is 1. The maximum absolute atomic E-state index is 12.1. The molecule has 0 bridgehead atoms. The number of halogens is 1. The van der Waals surface area contributed by atoms with Crippen molar-refractivity contribution in [3.63, 3.8) is 0 Å². The van der Waals surface area contributed by atoms with Crippen molar-refractivity contribution >= 4 is 17.4 Å². The van der Waals surface area contributed by atoms with Crippen molar-refractivity contribution in [3.8, 4) is 0 Å². The van der Waals surface area contributed by atoms with Gasteiger partial charge in [-0.3, -0.25) is 9.48 Å². The first-order chi connectivity index (χ1) is 8.51. The molecule has 7 heteroatoms.